The van der Waals surface area contributed by atoms with Crippen LogP contribution in [0.3, 0.4) is 0 Å². The fourth-order valence-corrected chi connectivity index (χ4v) is 1.51. The summed E-state index contributed by atoms with van der Waals surface area (Å²) in [6.07, 6.45) is -0.619. The number of ether oxygens (including phenoxy) is 1. The number of nitrogens with two attached hydrogens (primary N) is 1. The predicted molar refractivity (Wildman–Crippen MR) is 59.1 cm³/mol. The molecule has 1 unspecified atom stereocenters. The van der Waals surface area contributed by atoms with Crippen LogP contribution in [0.5, 0.6) is 0 Å². The summed E-state index contributed by atoms with van der Waals surface area (Å²) in [5, 5.41) is 2.66. The number of carbonyl (C=O) groups excluding carboxylic acids is 1. The van der Waals surface area contributed by atoms with Gasteiger partial charge in [0.1, 0.15) is 12.0 Å². The molecule has 1 aromatic carbocycles. The number of nitrogen functional groups attached to an aromatic ring is 1. The van der Waals surface area contributed by atoms with E-state index >= 15 is 0 Å². The Morgan fingerprint density at radius 3 is 2.71 bits per heavy atom. The quantitative estimate of drug-likeness (QED) is 0.625. The van der Waals surface area contributed by atoms with Crippen molar-refractivity contribution < 1.29 is 18.3 Å². The van der Waals surface area contributed by atoms with Crippen LogP contribution < -0.4 is 11.1 Å². The van der Waals surface area contributed by atoms with E-state index < -0.39 is 24.0 Å². The number of nitrogens with one attached hydrogen (secondary N) is 1. The van der Waals surface area contributed by atoms with Gasteiger partial charge in [0.15, 0.2) is 0 Å². The molecular weight excluding hydrogens is 230 g/mol. The van der Waals surface area contributed by atoms with Gasteiger partial charge < -0.3 is 15.8 Å². The van der Waals surface area contributed by atoms with Gasteiger partial charge in [-0.1, -0.05) is 0 Å². The molecule has 0 aromatic heterocycles. The molecule has 1 aliphatic rings. The molecule has 2 atom stereocenters. The standard InChI is InChI=1S/C11H12F2N2O2/c1-17-11(16)5-2-7(13)10(8(14)3-5)15-9-4-6(9)12/h2-3,6,9,15H,4,14H2,1H3/t6?,9-/m0/s1. The first-order valence-electron chi connectivity index (χ1n) is 5.11. The monoisotopic (exact) mass is 242 g/mol. The van der Waals surface area contributed by atoms with Gasteiger partial charge in [-0.3, -0.25) is 0 Å². The third-order valence-corrected chi connectivity index (χ3v) is 2.58. The van der Waals surface area contributed by atoms with E-state index in [9.17, 15) is 13.6 Å². The third-order valence-electron chi connectivity index (χ3n) is 2.58. The lowest BCUT2D eigenvalue weighted by molar-refractivity contribution is 0.0600. The molecule has 0 aliphatic heterocycles. The van der Waals surface area contributed by atoms with Crippen LogP contribution in [0.2, 0.25) is 0 Å². The Kier molecular flexibility index (Phi) is 2.87. The van der Waals surface area contributed by atoms with E-state index in [0.717, 1.165) is 6.07 Å². The summed E-state index contributed by atoms with van der Waals surface area (Å²) in [5.41, 5.74) is 5.72. The van der Waals surface area contributed by atoms with E-state index in [0.29, 0.717) is 6.42 Å². The van der Waals surface area contributed by atoms with Crippen molar-refractivity contribution in [3.8, 4) is 0 Å². The number of rotatable bonds is 3. The first-order valence-corrected chi connectivity index (χ1v) is 5.11. The minimum atomic E-state index is -0.964. The maximum atomic E-state index is 13.7. The average molecular weight is 242 g/mol. The highest BCUT2D eigenvalue weighted by atomic mass is 19.1. The fourth-order valence-electron chi connectivity index (χ4n) is 1.51. The lowest BCUT2D eigenvalue weighted by Crippen LogP contribution is -2.11. The van der Waals surface area contributed by atoms with Gasteiger partial charge in [-0.2, -0.15) is 0 Å². The van der Waals surface area contributed by atoms with Crippen molar-refractivity contribution in [3.05, 3.63) is 23.5 Å². The second-order valence-electron chi connectivity index (χ2n) is 3.92. The molecule has 0 radical (unpaired) electrons. The van der Waals surface area contributed by atoms with E-state index in [-0.39, 0.29) is 16.9 Å². The van der Waals surface area contributed by atoms with Gasteiger partial charge in [-0.05, 0) is 12.1 Å². The fraction of sp³-hybridized carbons (Fsp3) is 0.364. The van der Waals surface area contributed by atoms with Crippen LogP contribution in [0.4, 0.5) is 20.2 Å². The predicted octanol–water partition coefficient (Wildman–Crippen LogP) is 1.72. The smallest absolute Gasteiger partial charge is 0.338 e. The zero-order valence-electron chi connectivity index (χ0n) is 9.17. The van der Waals surface area contributed by atoms with Gasteiger partial charge >= 0.3 is 5.97 Å². The molecule has 1 aliphatic carbocycles. The normalized spacial score (nSPS) is 22.1. The zero-order valence-corrected chi connectivity index (χ0v) is 9.17. The van der Waals surface area contributed by atoms with Crippen molar-refractivity contribution in [3.63, 3.8) is 0 Å². The number of anilines is 2. The Labute approximate surface area is 96.7 Å². The van der Waals surface area contributed by atoms with E-state index in [1.54, 1.807) is 0 Å². The number of esters is 1. The lowest BCUT2D eigenvalue weighted by atomic mass is 10.1. The molecule has 0 saturated heterocycles. The number of carbonyl (C=O) groups is 1. The Morgan fingerprint density at radius 1 is 1.59 bits per heavy atom. The Balaban J connectivity index is 2.25. The van der Waals surface area contributed by atoms with Crippen LogP contribution in [0.15, 0.2) is 12.1 Å². The number of methoxy groups -OCH3 is 1. The lowest BCUT2D eigenvalue weighted by Gasteiger charge is -2.10. The molecule has 1 fully saturated rings. The van der Waals surface area contributed by atoms with Crippen molar-refractivity contribution in [2.75, 3.05) is 18.2 Å². The van der Waals surface area contributed by atoms with Crippen LogP contribution in [-0.2, 0) is 4.74 Å². The van der Waals surface area contributed by atoms with E-state index in [1.807, 2.05) is 0 Å². The Hall–Kier alpha value is -1.85. The van der Waals surface area contributed by atoms with Gasteiger partial charge in [0.25, 0.3) is 0 Å². The van der Waals surface area contributed by atoms with Crippen LogP contribution >= 0.6 is 0 Å². The first-order chi connectivity index (χ1) is 8.02. The summed E-state index contributed by atoms with van der Waals surface area (Å²) in [6.45, 7) is 0. The Bertz CT molecular complexity index is 442. The second kappa shape index (κ2) is 4.20. The number of alkyl halides is 1. The van der Waals surface area contributed by atoms with E-state index in [1.165, 1.54) is 13.2 Å². The zero-order chi connectivity index (χ0) is 12.6. The minimum Gasteiger partial charge on any atom is -0.465 e. The van der Waals surface area contributed by atoms with Gasteiger partial charge in [0.2, 0.25) is 0 Å². The average Bonchev–Trinajstić information content (AvgIpc) is 2.98. The number of halogens is 2. The maximum Gasteiger partial charge on any atom is 0.338 e. The molecule has 2 rings (SSSR count). The van der Waals surface area contributed by atoms with Crippen LogP contribution in [0.1, 0.15) is 16.8 Å². The largest absolute Gasteiger partial charge is 0.465 e. The summed E-state index contributed by atoms with van der Waals surface area (Å²) >= 11 is 0. The molecular formula is C11H12F2N2O2. The molecule has 3 N–H and O–H groups in total. The summed E-state index contributed by atoms with van der Waals surface area (Å²) in [5.74, 6) is -1.36. The highest BCUT2D eigenvalue weighted by molar-refractivity contribution is 5.92. The van der Waals surface area contributed by atoms with E-state index in [2.05, 4.69) is 10.1 Å². The second-order valence-corrected chi connectivity index (χ2v) is 3.92. The van der Waals surface area contributed by atoms with Crippen molar-refractivity contribution in [1.82, 2.24) is 0 Å². The molecule has 1 saturated carbocycles. The molecule has 4 nitrogen and oxygen atoms in total. The molecule has 0 heterocycles. The molecule has 17 heavy (non-hydrogen) atoms. The van der Waals surface area contributed by atoms with Gasteiger partial charge in [0.05, 0.1) is 30.1 Å². The molecule has 1 aromatic rings. The topological polar surface area (TPSA) is 64.3 Å². The van der Waals surface area contributed by atoms with Crippen molar-refractivity contribution in [2.45, 2.75) is 18.6 Å². The highest BCUT2D eigenvalue weighted by Crippen LogP contribution is 2.33. The van der Waals surface area contributed by atoms with Crippen molar-refractivity contribution in [1.29, 1.82) is 0 Å². The molecule has 0 spiro atoms. The number of benzene rings is 1. The van der Waals surface area contributed by atoms with Crippen LogP contribution in [0, 0.1) is 5.82 Å². The molecule has 92 valence electrons. The molecule has 0 bridgehead atoms. The molecule has 6 heteroatoms. The third kappa shape index (κ3) is 2.30. The van der Waals surface area contributed by atoms with Crippen LogP contribution in [0.25, 0.3) is 0 Å². The summed E-state index contributed by atoms with van der Waals surface area (Å²) in [4.78, 5) is 11.2. The van der Waals surface area contributed by atoms with Crippen molar-refractivity contribution in [2.24, 2.45) is 0 Å². The SMILES string of the molecule is COC(=O)c1cc(N)c(N[C@H]2CC2F)c(F)c1. The van der Waals surface area contributed by atoms with Gasteiger partial charge in [0, 0.05) is 6.42 Å². The summed E-state index contributed by atoms with van der Waals surface area (Å²) in [7, 11) is 1.19. The maximum absolute atomic E-state index is 13.7. The number of hydrogen-bond acceptors (Lipinski definition) is 4. The Morgan fingerprint density at radius 2 is 2.24 bits per heavy atom. The van der Waals surface area contributed by atoms with Gasteiger partial charge in [-0.25, -0.2) is 13.6 Å². The molecule has 0 amide bonds. The van der Waals surface area contributed by atoms with Crippen molar-refractivity contribution >= 4 is 17.3 Å². The first kappa shape index (κ1) is 11.6. The van der Waals surface area contributed by atoms with Crippen LogP contribution in [-0.4, -0.2) is 25.3 Å². The summed E-state index contributed by atoms with van der Waals surface area (Å²) < 4.78 is 30.8. The number of hydrogen-bond donors (Lipinski definition) is 2. The van der Waals surface area contributed by atoms with Gasteiger partial charge in [-0.15, -0.1) is 0 Å². The summed E-state index contributed by atoms with van der Waals surface area (Å²) in [6, 6.07) is 1.92. The highest BCUT2D eigenvalue weighted by Gasteiger charge is 2.38. The van der Waals surface area contributed by atoms with E-state index in [4.69, 9.17) is 5.73 Å². The minimum absolute atomic E-state index is 0.0284.